The summed E-state index contributed by atoms with van der Waals surface area (Å²) in [6.45, 7) is 10.2. The zero-order valence-corrected chi connectivity index (χ0v) is 11.6. The van der Waals surface area contributed by atoms with Crippen molar-refractivity contribution < 1.29 is 9.53 Å². The molecule has 0 aromatic heterocycles. The second kappa shape index (κ2) is 6.36. The van der Waals surface area contributed by atoms with Gasteiger partial charge in [-0.25, -0.2) is 0 Å². The van der Waals surface area contributed by atoms with E-state index in [9.17, 15) is 4.79 Å². The largest absolute Gasteiger partial charge is 0.468 e. The number of methoxy groups -OCH3 is 1. The van der Waals surface area contributed by atoms with E-state index in [1.54, 1.807) is 0 Å². The fourth-order valence-electron chi connectivity index (χ4n) is 2.70. The first kappa shape index (κ1) is 14.5. The predicted octanol–water partition coefficient (Wildman–Crippen LogP) is 1.26. The maximum atomic E-state index is 12.1. The number of hydrogen-bond donors (Lipinski definition) is 1. The number of nitrogens with one attached hydrogen (secondary N) is 1. The molecule has 0 aliphatic carbocycles. The van der Waals surface area contributed by atoms with Gasteiger partial charge < -0.3 is 10.1 Å². The van der Waals surface area contributed by atoms with Crippen molar-refractivity contribution in [2.24, 2.45) is 5.92 Å². The van der Waals surface area contributed by atoms with E-state index in [0.717, 1.165) is 39.0 Å². The van der Waals surface area contributed by atoms with E-state index in [-0.39, 0.29) is 5.97 Å². The summed E-state index contributed by atoms with van der Waals surface area (Å²) in [6, 6.07) is 0. The van der Waals surface area contributed by atoms with Gasteiger partial charge in [-0.2, -0.15) is 0 Å². The van der Waals surface area contributed by atoms with Gasteiger partial charge in [0.05, 0.1) is 7.11 Å². The van der Waals surface area contributed by atoms with E-state index < -0.39 is 5.54 Å². The molecule has 0 radical (unpaired) electrons. The van der Waals surface area contributed by atoms with Crippen molar-refractivity contribution in [1.29, 1.82) is 0 Å². The van der Waals surface area contributed by atoms with E-state index in [4.69, 9.17) is 4.74 Å². The normalized spacial score (nSPS) is 21.9. The van der Waals surface area contributed by atoms with Gasteiger partial charge in [-0.15, -0.1) is 0 Å². The predicted molar refractivity (Wildman–Crippen MR) is 68.9 cm³/mol. The first-order chi connectivity index (χ1) is 8.00. The summed E-state index contributed by atoms with van der Waals surface area (Å²) in [5.74, 6) is 0.378. The monoisotopic (exact) mass is 242 g/mol. The third-order valence-electron chi connectivity index (χ3n) is 3.47. The molecular formula is C13H26N2O2. The van der Waals surface area contributed by atoms with Crippen LogP contribution in [0.3, 0.4) is 0 Å². The summed E-state index contributed by atoms with van der Waals surface area (Å²) in [5.41, 5.74) is -0.477. The highest BCUT2D eigenvalue weighted by molar-refractivity contribution is 5.80. The lowest BCUT2D eigenvalue weighted by atomic mass is 9.88. The Morgan fingerprint density at radius 3 is 2.71 bits per heavy atom. The average Bonchev–Trinajstić information content (AvgIpc) is 2.55. The Kier molecular flexibility index (Phi) is 5.40. The molecule has 17 heavy (non-hydrogen) atoms. The third-order valence-corrected chi connectivity index (χ3v) is 3.47. The van der Waals surface area contributed by atoms with E-state index in [1.807, 2.05) is 6.92 Å². The van der Waals surface area contributed by atoms with Crippen molar-refractivity contribution in [1.82, 2.24) is 10.2 Å². The highest BCUT2D eigenvalue weighted by Gasteiger charge is 2.40. The van der Waals surface area contributed by atoms with Crippen molar-refractivity contribution >= 4 is 5.97 Å². The van der Waals surface area contributed by atoms with Crippen LogP contribution >= 0.6 is 0 Å². The topological polar surface area (TPSA) is 41.6 Å². The maximum Gasteiger partial charge on any atom is 0.325 e. The van der Waals surface area contributed by atoms with Crippen LogP contribution in [0.1, 0.15) is 33.6 Å². The lowest BCUT2D eigenvalue weighted by Crippen LogP contribution is -2.54. The molecule has 100 valence electrons. The Bertz CT molecular complexity index is 248. The van der Waals surface area contributed by atoms with Gasteiger partial charge in [-0.05, 0) is 32.2 Å². The van der Waals surface area contributed by atoms with Gasteiger partial charge in [0.15, 0.2) is 0 Å². The van der Waals surface area contributed by atoms with Crippen molar-refractivity contribution in [3.05, 3.63) is 0 Å². The van der Waals surface area contributed by atoms with Crippen LogP contribution in [0.5, 0.6) is 0 Å². The Labute approximate surface area is 105 Å². The summed E-state index contributed by atoms with van der Waals surface area (Å²) in [5, 5.41) is 3.37. The molecule has 0 amide bonds. The minimum Gasteiger partial charge on any atom is -0.468 e. The Morgan fingerprint density at radius 1 is 1.41 bits per heavy atom. The van der Waals surface area contributed by atoms with Crippen molar-refractivity contribution in [2.75, 3.05) is 33.3 Å². The number of rotatable bonds is 4. The van der Waals surface area contributed by atoms with Crippen LogP contribution in [0.15, 0.2) is 0 Å². The van der Waals surface area contributed by atoms with Crippen LogP contribution in [0.4, 0.5) is 0 Å². The average molecular weight is 242 g/mol. The standard InChI is InChI=1S/C13H26N2O2/c1-11(2)10-13(3,12(16)17-4)15-8-5-6-14-7-9-15/h11,14H,5-10H2,1-4H3. The Hall–Kier alpha value is -0.610. The number of ether oxygens (including phenoxy) is 1. The van der Waals surface area contributed by atoms with E-state index in [2.05, 4.69) is 24.1 Å². The molecule has 1 atom stereocenters. The minimum atomic E-state index is -0.477. The van der Waals surface area contributed by atoms with E-state index in [1.165, 1.54) is 7.11 Å². The summed E-state index contributed by atoms with van der Waals surface area (Å²) >= 11 is 0. The van der Waals surface area contributed by atoms with Crippen LogP contribution < -0.4 is 5.32 Å². The molecule has 0 spiro atoms. The second-order valence-corrected chi connectivity index (χ2v) is 5.45. The molecule has 1 heterocycles. The molecule has 0 saturated carbocycles. The Morgan fingerprint density at radius 2 is 2.12 bits per heavy atom. The summed E-state index contributed by atoms with van der Waals surface area (Å²) in [6.07, 6.45) is 1.93. The maximum absolute atomic E-state index is 12.1. The van der Waals surface area contributed by atoms with Gasteiger partial charge in [-0.1, -0.05) is 13.8 Å². The summed E-state index contributed by atoms with van der Waals surface area (Å²) in [4.78, 5) is 14.4. The van der Waals surface area contributed by atoms with Crippen LogP contribution in [-0.4, -0.2) is 49.7 Å². The number of carbonyl (C=O) groups is 1. The summed E-state index contributed by atoms with van der Waals surface area (Å²) in [7, 11) is 1.48. The molecule has 0 aromatic rings. The smallest absolute Gasteiger partial charge is 0.325 e. The number of esters is 1. The molecule has 1 rings (SSSR count). The molecule has 4 nitrogen and oxygen atoms in total. The van der Waals surface area contributed by atoms with Crippen molar-refractivity contribution in [3.63, 3.8) is 0 Å². The fourth-order valence-corrected chi connectivity index (χ4v) is 2.70. The highest BCUT2D eigenvalue weighted by Crippen LogP contribution is 2.26. The van der Waals surface area contributed by atoms with Crippen molar-refractivity contribution in [3.8, 4) is 0 Å². The lowest BCUT2D eigenvalue weighted by molar-refractivity contribution is -0.155. The molecule has 1 aliphatic heterocycles. The number of nitrogens with zero attached hydrogens (tertiary/aromatic N) is 1. The van der Waals surface area contributed by atoms with Gasteiger partial charge >= 0.3 is 5.97 Å². The molecule has 1 fully saturated rings. The molecule has 0 aromatic carbocycles. The molecule has 4 heteroatoms. The van der Waals surface area contributed by atoms with Gasteiger partial charge in [0.1, 0.15) is 5.54 Å². The lowest BCUT2D eigenvalue weighted by Gasteiger charge is -2.39. The van der Waals surface area contributed by atoms with Gasteiger partial charge in [0.25, 0.3) is 0 Å². The molecule has 1 saturated heterocycles. The van der Waals surface area contributed by atoms with Crippen LogP contribution in [-0.2, 0) is 9.53 Å². The first-order valence-corrected chi connectivity index (χ1v) is 6.55. The Balaban J connectivity index is 2.82. The van der Waals surface area contributed by atoms with Crippen molar-refractivity contribution in [2.45, 2.75) is 39.2 Å². The van der Waals surface area contributed by atoms with Gasteiger partial charge in [0.2, 0.25) is 0 Å². The third kappa shape index (κ3) is 3.68. The number of carbonyl (C=O) groups excluding carboxylic acids is 1. The van der Waals surface area contributed by atoms with Crippen LogP contribution in [0, 0.1) is 5.92 Å². The highest BCUT2D eigenvalue weighted by atomic mass is 16.5. The molecule has 0 bridgehead atoms. The number of hydrogen-bond acceptors (Lipinski definition) is 4. The molecular weight excluding hydrogens is 216 g/mol. The second-order valence-electron chi connectivity index (χ2n) is 5.45. The van der Waals surface area contributed by atoms with E-state index in [0.29, 0.717) is 5.92 Å². The summed E-state index contributed by atoms with van der Waals surface area (Å²) < 4.78 is 5.01. The molecule has 1 N–H and O–H groups in total. The van der Waals surface area contributed by atoms with Gasteiger partial charge in [0, 0.05) is 19.6 Å². The zero-order chi connectivity index (χ0) is 12.9. The molecule has 1 aliphatic rings. The fraction of sp³-hybridized carbons (Fsp3) is 0.923. The van der Waals surface area contributed by atoms with Crippen LogP contribution in [0.25, 0.3) is 0 Å². The SMILES string of the molecule is COC(=O)C(C)(CC(C)C)N1CCCNCC1. The van der Waals surface area contributed by atoms with Crippen LogP contribution in [0.2, 0.25) is 0 Å². The first-order valence-electron chi connectivity index (χ1n) is 6.55. The minimum absolute atomic E-state index is 0.104. The van der Waals surface area contributed by atoms with E-state index >= 15 is 0 Å². The zero-order valence-electron chi connectivity index (χ0n) is 11.6. The quantitative estimate of drug-likeness (QED) is 0.754. The molecule has 1 unspecified atom stereocenters. The van der Waals surface area contributed by atoms with Gasteiger partial charge in [-0.3, -0.25) is 9.69 Å².